The van der Waals surface area contributed by atoms with Crippen molar-refractivity contribution >= 4 is 38.4 Å². The molecule has 2 N–H and O–H groups in total. The summed E-state index contributed by atoms with van der Waals surface area (Å²) in [6.45, 7) is 2.13. The monoisotopic (exact) mass is 315 g/mol. The molecule has 0 saturated heterocycles. The maximum absolute atomic E-state index is 11.4. The molecule has 0 bridgehead atoms. The third-order valence-corrected chi connectivity index (χ3v) is 3.57. The zero-order valence-corrected chi connectivity index (χ0v) is 11.4. The summed E-state index contributed by atoms with van der Waals surface area (Å²) >= 11 is 4.63. The van der Waals surface area contributed by atoms with Gasteiger partial charge in [0.05, 0.1) is 16.5 Å². The topological polar surface area (TPSA) is 72.4 Å². The summed E-state index contributed by atoms with van der Waals surface area (Å²) in [6.07, 6.45) is 1.63. The maximum Gasteiger partial charge on any atom is 0.321 e. The van der Waals surface area contributed by atoms with Gasteiger partial charge in [-0.05, 0) is 35.0 Å². The molecule has 0 aliphatic rings. The predicted molar refractivity (Wildman–Crippen MR) is 69.0 cm³/mol. The van der Waals surface area contributed by atoms with Crippen LogP contribution in [0, 0.1) is 6.92 Å². The second-order valence-corrected chi connectivity index (χ2v) is 5.77. The number of halogens is 1. The van der Waals surface area contributed by atoms with Crippen LogP contribution in [0.25, 0.3) is 0 Å². The third kappa shape index (κ3) is 2.86. The zero-order valence-electron chi connectivity index (χ0n) is 9.01. The lowest BCUT2D eigenvalue weighted by molar-refractivity contribution is 0.253. The molecule has 2 amide bonds. The Labute approximate surface area is 110 Å². The average Bonchev–Trinajstić information content (AvgIpc) is 2.83. The Kier molecular flexibility index (Phi) is 3.49. The molecule has 0 saturated carbocycles. The number of primary amides is 1. The number of amides is 2. The quantitative estimate of drug-likeness (QED) is 0.946. The lowest BCUT2D eigenvalue weighted by atomic mass is 10.4. The molecule has 0 aromatic carbocycles. The first-order chi connectivity index (χ1) is 8.06. The van der Waals surface area contributed by atoms with Gasteiger partial charge in [-0.15, -0.1) is 0 Å². The van der Waals surface area contributed by atoms with E-state index < -0.39 is 6.03 Å². The van der Waals surface area contributed by atoms with Crippen molar-refractivity contribution in [3.63, 3.8) is 0 Å². The van der Waals surface area contributed by atoms with E-state index in [0.717, 1.165) is 9.55 Å². The molecular weight excluding hydrogens is 306 g/mol. The number of hydrogen-bond donors (Lipinski definition) is 1. The van der Waals surface area contributed by atoms with Crippen molar-refractivity contribution < 1.29 is 9.21 Å². The molecule has 0 unspecified atom stereocenters. The number of aryl methyl sites for hydroxylation is 1. The number of carbonyl (C=O) groups is 1. The fourth-order valence-corrected chi connectivity index (χ4v) is 2.52. The van der Waals surface area contributed by atoms with E-state index in [1.165, 1.54) is 16.2 Å². The van der Waals surface area contributed by atoms with E-state index in [1.807, 2.05) is 19.1 Å². The van der Waals surface area contributed by atoms with Crippen LogP contribution in [-0.4, -0.2) is 11.0 Å². The number of anilines is 1. The predicted octanol–water partition coefficient (Wildman–Crippen LogP) is 2.89. The van der Waals surface area contributed by atoms with Crippen LogP contribution in [0.15, 0.2) is 26.5 Å². The van der Waals surface area contributed by atoms with Gasteiger partial charge in [-0.1, -0.05) is 11.3 Å². The van der Waals surface area contributed by atoms with E-state index in [-0.39, 0.29) is 6.54 Å². The molecule has 0 atom stereocenters. The third-order valence-electron chi connectivity index (χ3n) is 2.07. The summed E-state index contributed by atoms with van der Waals surface area (Å²) in [5, 5.41) is 0.540. The standard InChI is InChI=1S/C10H10BrN3O2S/c1-6-2-3-7(16-6)5-14(9(12)15)10-13-4-8(11)17-10/h2-4H,5H2,1H3,(H2,12,15). The van der Waals surface area contributed by atoms with Crippen LogP contribution in [0.3, 0.4) is 0 Å². The summed E-state index contributed by atoms with van der Waals surface area (Å²) in [4.78, 5) is 16.8. The van der Waals surface area contributed by atoms with Crippen molar-refractivity contribution in [3.05, 3.63) is 33.6 Å². The molecule has 2 heterocycles. The van der Waals surface area contributed by atoms with Crippen molar-refractivity contribution in [2.24, 2.45) is 5.73 Å². The Morgan fingerprint density at radius 1 is 1.65 bits per heavy atom. The molecule has 90 valence electrons. The summed E-state index contributed by atoms with van der Waals surface area (Å²) in [6, 6.07) is 3.10. The molecular formula is C10H10BrN3O2S. The fraction of sp³-hybridized carbons (Fsp3) is 0.200. The van der Waals surface area contributed by atoms with Crippen molar-refractivity contribution in [1.29, 1.82) is 0 Å². The van der Waals surface area contributed by atoms with Crippen LogP contribution in [0.4, 0.5) is 9.93 Å². The molecule has 17 heavy (non-hydrogen) atoms. The van der Waals surface area contributed by atoms with Gasteiger partial charge in [-0.2, -0.15) is 0 Å². The fourth-order valence-electron chi connectivity index (χ4n) is 1.34. The Morgan fingerprint density at radius 2 is 2.41 bits per heavy atom. The van der Waals surface area contributed by atoms with Gasteiger partial charge in [0, 0.05) is 0 Å². The largest absolute Gasteiger partial charge is 0.464 e. The summed E-state index contributed by atoms with van der Waals surface area (Å²) < 4.78 is 6.25. The van der Waals surface area contributed by atoms with Crippen molar-refractivity contribution in [1.82, 2.24) is 4.98 Å². The van der Waals surface area contributed by atoms with E-state index in [0.29, 0.717) is 10.9 Å². The highest BCUT2D eigenvalue weighted by Gasteiger charge is 2.18. The first-order valence-corrected chi connectivity index (χ1v) is 6.41. The number of thiazole rings is 1. The highest BCUT2D eigenvalue weighted by Crippen LogP contribution is 2.27. The number of furan rings is 1. The minimum atomic E-state index is -0.555. The average molecular weight is 316 g/mol. The number of aromatic nitrogens is 1. The first kappa shape index (κ1) is 12.1. The smallest absolute Gasteiger partial charge is 0.321 e. The van der Waals surface area contributed by atoms with Gasteiger partial charge < -0.3 is 10.2 Å². The van der Waals surface area contributed by atoms with Crippen LogP contribution in [0.1, 0.15) is 11.5 Å². The molecule has 5 nitrogen and oxygen atoms in total. The van der Waals surface area contributed by atoms with Crippen LogP contribution >= 0.6 is 27.3 Å². The van der Waals surface area contributed by atoms with Crippen molar-refractivity contribution in [2.45, 2.75) is 13.5 Å². The second kappa shape index (κ2) is 4.89. The van der Waals surface area contributed by atoms with Crippen LogP contribution in [-0.2, 0) is 6.54 Å². The summed E-state index contributed by atoms with van der Waals surface area (Å²) in [5.74, 6) is 1.47. The number of nitrogens with zero attached hydrogens (tertiary/aromatic N) is 2. The molecule has 0 fully saturated rings. The molecule has 2 aromatic rings. The number of hydrogen-bond acceptors (Lipinski definition) is 4. The van der Waals surface area contributed by atoms with Gasteiger partial charge in [0.15, 0.2) is 5.13 Å². The van der Waals surface area contributed by atoms with Crippen molar-refractivity contribution in [2.75, 3.05) is 4.90 Å². The molecule has 0 spiro atoms. The van der Waals surface area contributed by atoms with E-state index in [2.05, 4.69) is 20.9 Å². The molecule has 2 aromatic heterocycles. The molecule has 0 aliphatic carbocycles. The Morgan fingerprint density at radius 3 is 2.88 bits per heavy atom. The zero-order chi connectivity index (χ0) is 12.4. The number of nitrogens with two attached hydrogens (primary N) is 1. The minimum absolute atomic E-state index is 0.281. The van der Waals surface area contributed by atoms with E-state index in [9.17, 15) is 4.79 Å². The Balaban J connectivity index is 2.21. The van der Waals surface area contributed by atoms with E-state index in [4.69, 9.17) is 10.2 Å². The molecule has 7 heteroatoms. The number of urea groups is 1. The van der Waals surface area contributed by atoms with Crippen LogP contribution < -0.4 is 10.6 Å². The number of rotatable bonds is 3. The molecule has 0 aliphatic heterocycles. The summed E-state index contributed by atoms with van der Waals surface area (Å²) in [7, 11) is 0. The van der Waals surface area contributed by atoms with E-state index in [1.54, 1.807) is 6.20 Å². The second-order valence-electron chi connectivity index (χ2n) is 3.38. The highest BCUT2D eigenvalue weighted by molar-refractivity contribution is 9.11. The molecule has 2 rings (SSSR count). The van der Waals surface area contributed by atoms with Gasteiger partial charge >= 0.3 is 6.03 Å². The lowest BCUT2D eigenvalue weighted by Gasteiger charge is -2.15. The van der Waals surface area contributed by atoms with Gasteiger partial charge in [0.2, 0.25) is 0 Å². The van der Waals surface area contributed by atoms with E-state index >= 15 is 0 Å². The minimum Gasteiger partial charge on any atom is -0.464 e. The van der Waals surface area contributed by atoms with Gasteiger partial charge in [0.25, 0.3) is 0 Å². The Hall–Kier alpha value is -1.34. The van der Waals surface area contributed by atoms with Gasteiger partial charge in [-0.3, -0.25) is 4.90 Å². The van der Waals surface area contributed by atoms with Gasteiger partial charge in [-0.25, -0.2) is 9.78 Å². The van der Waals surface area contributed by atoms with Gasteiger partial charge in [0.1, 0.15) is 11.5 Å². The number of carbonyl (C=O) groups excluding carboxylic acids is 1. The molecule has 0 radical (unpaired) electrons. The maximum atomic E-state index is 11.4. The SMILES string of the molecule is Cc1ccc(CN(C(N)=O)c2ncc(Br)s2)o1. The van der Waals surface area contributed by atoms with Crippen LogP contribution in [0.2, 0.25) is 0 Å². The van der Waals surface area contributed by atoms with Crippen LogP contribution in [0.5, 0.6) is 0 Å². The highest BCUT2D eigenvalue weighted by atomic mass is 79.9. The first-order valence-electron chi connectivity index (χ1n) is 4.80. The lowest BCUT2D eigenvalue weighted by Crippen LogP contribution is -2.34. The Bertz CT molecular complexity index is 537. The summed E-state index contributed by atoms with van der Waals surface area (Å²) in [5.41, 5.74) is 5.33. The van der Waals surface area contributed by atoms with Crippen molar-refractivity contribution in [3.8, 4) is 0 Å². The normalized spacial score (nSPS) is 10.5.